The molecule has 1 saturated carbocycles. The topological polar surface area (TPSA) is 67.9 Å². The van der Waals surface area contributed by atoms with Crippen molar-refractivity contribution < 1.29 is 32.2 Å². The Hall–Kier alpha value is -2.13. The minimum atomic E-state index is -4.42. The average molecular weight is 424 g/mol. The van der Waals surface area contributed by atoms with Gasteiger partial charge in [0.25, 0.3) is 5.91 Å². The monoisotopic (exact) mass is 424 g/mol. The second-order valence-electron chi connectivity index (χ2n) is 8.93. The standard InChI is InChI=1S/C21H23F3N2O4/c1-11-6-12(21(22,23)24)2-3-15(11)25-18(27)16-4-5-20(30-16)9-26(10-20)19(28)17-13-7-29-8-14(13)17/h2-3,6,13-14,16-17H,4-5,7-10H2,1H3,(H,25,27)/t13-,14-,16+/m1/s1. The van der Waals surface area contributed by atoms with Gasteiger partial charge < -0.3 is 19.7 Å². The van der Waals surface area contributed by atoms with Gasteiger partial charge in [0, 0.05) is 11.6 Å². The summed E-state index contributed by atoms with van der Waals surface area (Å²) in [5.74, 6) is 0.608. The summed E-state index contributed by atoms with van der Waals surface area (Å²) in [6.45, 7) is 3.84. The molecular weight excluding hydrogens is 401 g/mol. The van der Waals surface area contributed by atoms with Crippen molar-refractivity contribution in [1.82, 2.24) is 4.90 Å². The number of anilines is 1. The van der Waals surface area contributed by atoms with Gasteiger partial charge in [-0.15, -0.1) is 0 Å². The number of ether oxygens (including phenoxy) is 2. The number of hydrogen-bond acceptors (Lipinski definition) is 4. The summed E-state index contributed by atoms with van der Waals surface area (Å²) < 4.78 is 49.8. The Bertz CT molecular complexity index is 887. The number of hydrogen-bond donors (Lipinski definition) is 1. The van der Waals surface area contributed by atoms with Crippen LogP contribution in [0, 0.1) is 24.7 Å². The molecule has 3 aliphatic heterocycles. The molecule has 1 aromatic rings. The van der Waals surface area contributed by atoms with Crippen molar-refractivity contribution in [2.24, 2.45) is 17.8 Å². The molecule has 3 atom stereocenters. The Labute approximate surface area is 171 Å². The molecule has 3 heterocycles. The van der Waals surface area contributed by atoms with Crippen LogP contribution in [0.2, 0.25) is 0 Å². The highest BCUT2D eigenvalue weighted by molar-refractivity contribution is 5.95. The molecule has 0 aromatic heterocycles. The molecule has 1 aliphatic carbocycles. The quantitative estimate of drug-likeness (QED) is 0.810. The Morgan fingerprint density at radius 3 is 2.53 bits per heavy atom. The van der Waals surface area contributed by atoms with Gasteiger partial charge in [0.05, 0.1) is 31.9 Å². The van der Waals surface area contributed by atoms with Crippen LogP contribution in [0.25, 0.3) is 0 Å². The minimum Gasteiger partial charge on any atom is -0.381 e. The maximum absolute atomic E-state index is 12.8. The Morgan fingerprint density at radius 2 is 1.90 bits per heavy atom. The van der Waals surface area contributed by atoms with Gasteiger partial charge in [-0.25, -0.2) is 0 Å². The van der Waals surface area contributed by atoms with E-state index in [1.165, 1.54) is 13.0 Å². The molecule has 0 radical (unpaired) electrons. The van der Waals surface area contributed by atoms with Crippen LogP contribution in [-0.2, 0) is 25.2 Å². The summed E-state index contributed by atoms with van der Waals surface area (Å²) in [6.07, 6.45) is -3.89. The van der Waals surface area contributed by atoms with Crippen LogP contribution in [0.5, 0.6) is 0 Å². The predicted molar refractivity (Wildman–Crippen MR) is 99.5 cm³/mol. The number of alkyl halides is 3. The molecule has 2 amide bonds. The molecular formula is C21H23F3N2O4. The Kier molecular flexibility index (Phi) is 4.41. The lowest BCUT2D eigenvalue weighted by atomic mass is 9.90. The van der Waals surface area contributed by atoms with Crippen molar-refractivity contribution >= 4 is 17.5 Å². The maximum atomic E-state index is 12.8. The molecule has 5 rings (SSSR count). The van der Waals surface area contributed by atoms with Crippen LogP contribution in [0.1, 0.15) is 24.0 Å². The summed E-state index contributed by atoms with van der Waals surface area (Å²) in [6, 6.07) is 3.23. The van der Waals surface area contributed by atoms with Crippen LogP contribution in [0.15, 0.2) is 18.2 Å². The third-order valence-corrected chi connectivity index (χ3v) is 6.87. The van der Waals surface area contributed by atoms with E-state index in [9.17, 15) is 22.8 Å². The number of fused-ring (bicyclic) bond motifs is 1. The highest BCUT2D eigenvalue weighted by atomic mass is 19.4. The van der Waals surface area contributed by atoms with Crippen LogP contribution in [0.4, 0.5) is 18.9 Å². The van der Waals surface area contributed by atoms with Crippen molar-refractivity contribution in [1.29, 1.82) is 0 Å². The van der Waals surface area contributed by atoms with Crippen molar-refractivity contribution in [3.8, 4) is 0 Å². The highest BCUT2D eigenvalue weighted by Gasteiger charge is 2.62. The van der Waals surface area contributed by atoms with E-state index in [2.05, 4.69) is 5.32 Å². The van der Waals surface area contributed by atoms with Crippen LogP contribution in [-0.4, -0.2) is 54.7 Å². The molecule has 4 fully saturated rings. The zero-order valence-corrected chi connectivity index (χ0v) is 16.5. The number of nitrogens with one attached hydrogen (secondary N) is 1. The third kappa shape index (κ3) is 3.28. The largest absolute Gasteiger partial charge is 0.416 e. The van der Waals surface area contributed by atoms with Gasteiger partial charge in [0.1, 0.15) is 11.7 Å². The molecule has 3 saturated heterocycles. The summed E-state index contributed by atoms with van der Waals surface area (Å²) in [5, 5.41) is 2.68. The first-order valence-corrected chi connectivity index (χ1v) is 10.2. The van der Waals surface area contributed by atoms with Crippen LogP contribution in [0.3, 0.4) is 0 Å². The molecule has 30 heavy (non-hydrogen) atoms. The summed E-state index contributed by atoms with van der Waals surface area (Å²) in [4.78, 5) is 27.0. The van der Waals surface area contributed by atoms with Gasteiger partial charge in [-0.05, 0) is 55.4 Å². The zero-order chi connectivity index (χ0) is 21.3. The van der Waals surface area contributed by atoms with E-state index in [1.54, 1.807) is 0 Å². The van der Waals surface area contributed by atoms with Crippen molar-refractivity contribution in [2.75, 3.05) is 31.6 Å². The number of carbonyl (C=O) groups is 2. The molecule has 1 spiro atoms. The number of halogens is 3. The van der Waals surface area contributed by atoms with E-state index in [0.717, 1.165) is 12.1 Å². The highest BCUT2D eigenvalue weighted by Crippen LogP contribution is 2.53. The second kappa shape index (κ2) is 6.68. The average Bonchev–Trinajstić information content (AvgIpc) is 3.00. The van der Waals surface area contributed by atoms with Gasteiger partial charge in [-0.1, -0.05) is 0 Å². The Morgan fingerprint density at radius 1 is 1.20 bits per heavy atom. The molecule has 0 bridgehead atoms. The van der Waals surface area contributed by atoms with E-state index in [-0.39, 0.29) is 17.7 Å². The lowest BCUT2D eigenvalue weighted by molar-refractivity contribution is -0.169. The summed E-state index contributed by atoms with van der Waals surface area (Å²) in [7, 11) is 0. The lowest BCUT2D eigenvalue weighted by Gasteiger charge is -2.47. The first kappa shape index (κ1) is 19.8. The SMILES string of the molecule is Cc1cc(C(F)(F)F)ccc1NC(=O)[C@@H]1CCC2(CN(C(=O)C3[C@@H]4COC[C@@H]34)C2)O1. The van der Waals surface area contributed by atoms with E-state index in [1.807, 2.05) is 4.90 Å². The fraction of sp³-hybridized carbons (Fsp3) is 0.619. The van der Waals surface area contributed by atoms with E-state index < -0.39 is 23.4 Å². The summed E-state index contributed by atoms with van der Waals surface area (Å²) >= 11 is 0. The van der Waals surface area contributed by atoms with E-state index in [4.69, 9.17) is 9.47 Å². The van der Waals surface area contributed by atoms with E-state index >= 15 is 0 Å². The second-order valence-corrected chi connectivity index (χ2v) is 8.93. The van der Waals surface area contributed by atoms with Gasteiger partial charge in [0.2, 0.25) is 5.91 Å². The normalized spacial score (nSPS) is 31.4. The van der Waals surface area contributed by atoms with Gasteiger partial charge in [0.15, 0.2) is 0 Å². The van der Waals surface area contributed by atoms with Gasteiger partial charge in [-0.3, -0.25) is 9.59 Å². The number of carbonyl (C=O) groups excluding carboxylic acids is 2. The number of aryl methyl sites for hydroxylation is 1. The molecule has 6 nitrogen and oxygen atoms in total. The number of benzene rings is 1. The van der Waals surface area contributed by atoms with E-state index in [0.29, 0.717) is 62.2 Å². The van der Waals surface area contributed by atoms with Crippen LogP contribution >= 0.6 is 0 Å². The van der Waals surface area contributed by atoms with Crippen LogP contribution < -0.4 is 5.32 Å². The molecule has 162 valence electrons. The lowest BCUT2D eigenvalue weighted by Crippen LogP contribution is -2.64. The molecule has 0 unspecified atom stereocenters. The van der Waals surface area contributed by atoms with Crippen molar-refractivity contribution in [3.05, 3.63) is 29.3 Å². The minimum absolute atomic E-state index is 0.0826. The fourth-order valence-electron chi connectivity index (χ4n) is 5.05. The number of amides is 2. The first-order chi connectivity index (χ1) is 14.2. The predicted octanol–water partition coefficient (Wildman–Crippen LogP) is 2.60. The number of rotatable bonds is 3. The first-order valence-electron chi connectivity index (χ1n) is 10.2. The smallest absolute Gasteiger partial charge is 0.381 e. The maximum Gasteiger partial charge on any atom is 0.416 e. The van der Waals surface area contributed by atoms with Gasteiger partial charge >= 0.3 is 6.18 Å². The third-order valence-electron chi connectivity index (χ3n) is 6.87. The number of nitrogens with zero attached hydrogens (tertiary/aromatic N) is 1. The summed E-state index contributed by atoms with van der Waals surface area (Å²) in [5.41, 5.74) is -0.553. The van der Waals surface area contributed by atoms with Gasteiger partial charge in [-0.2, -0.15) is 13.2 Å². The fourth-order valence-corrected chi connectivity index (χ4v) is 5.05. The molecule has 1 N–H and O–H groups in total. The number of likely N-dealkylation sites (tertiary alicyclic amines) is 1. The van der Waals surface area contributed by atoms with Crippen molar-refractivity contribution in [2.45, 2.75) is 37.6 Å². The molecule has 9 heteroatoms. The van der Waals surface area contributed by atoms with Crippen molar-refractivity contribution in [3.63, 3.8) is 0 Å². The molecule has 4 aliphatic rings. The Balaban J connectivity index is 1.15. The zero-order valence-electron chi connectivity index (χ0n) is 16.5. The molecule has 1 aromatic carbocycles.